The first kappa shape index (κ1) is 13.7. The minimum atomic E-state index is -0.295. The van der Waals surface area contributed by atoms with Crippen molar-refractivity contribution in [3.05, 3.63) is 30.5 Å². The Morgan fingerprint density at radius 2 is 2.09 bits per heavy atom. The Labute approximate surface area is 124 Å². The van der Waals surface area contributed by atoms with Gasteiger partial charge in [-0.25, -0.2) is 4.68 Å². The fraction of sp³-hybridized carbons (Fsp3) is 0.154. The molecule has 9 nitrogen and oxygen atoms in total. The van der Waals surface area contributed by atoms with Crippen molar-refractivity contribution in [2.24, 2.45) is 0 Å². The van der Waals surface area contributed by atoms with Gasteiger partial charge in [0.05, 0.1) is 11.7 Å². The molecule has 9 heteroatoms. The van der Waals surface area contributed by atoms with Crippen molar-refractivity contribution in [2.45, 2.75) is 13.5 Å². The molecule has 0 aliphatic heterocycles. The molecule has 0 saturated heterocycles. The van der Waals surface area contributed by atoms with E-state index in [4.69, 9.17) is 0 Å². The second-order valence-electron chi connectivity index (χ2n) is 4.65. The van der Waals surface area contributed by atoms with Gasteiger partial charge in [-0.1, -0.05) is 17.3 Å². The third-order valence-electron chi connectivity index (χ3n) is 2.88. The van der Waals surface area contributed by atoms with Crippen LogP contribution in [0.1, 0.15) is 6.92 Å². The van der Waals surface area contributed by atoms with Crippen LogP contribution in [0.4, 0.5) is 11.6 Å². The standard InChI is InChI=1S/C13H13N7O2/c1-8(21)14-11-6-20(19-17-11)7-12(22)15-13-9-4-2-3-5-10(9)16-18-13/h2-6H,7H2,1H3,(H,14,21)(H2,15,16,18,22). The van der Waals surface area contributed by atoms with Gasteiger partial charge in [0.2, 0.25) is 11.8 Å². The maximum Gasteiger partial charge on any atom is 0.247 e. The van der Waals surface area contributed by atoms with Crippen molar-refractivity contribution in [1.82, 2.24) is 25.2 Å². The number of hydrogen-bond acceptors (Lipinski definition) is 5. The first-order valence-corrected chi connectivity index (χ1v) is 6.52. The Balaban J connectivity index is 1.67. The predicted octanol–water partition coefficient (Wildman–Crippen LogP) is 0.751. The lowest BCUT2D eigenvalue weighted by Gasteiger charge is -2.02. The Morgan fingerprint density at radius 1 is 1.27 bits per heavy atom. The Bertz CT molecular complexity index is 836. The number of aromatic amines is 1. The molecule has 2 aromatic heterocycles. The van der Waals surface area contributed by atoms with Crippen LogP contribution in [0, 0.1) is 0 Å². The first-order valence-electron chi connectivity index (χ1n) is 6.52. The monoisotopic (exact) mass is 299 g/mol. The largest absolute Gasteiger partial charge is 0.308 e. The molecule has 112 valence electrons. The SMILES string of the molecule is CC(=O)Nc1cn(CC(=O)Nc2n[nH]c3ccccc23)nn1. The lowest BCUT2D eigenvalue weighted by molar-refractivity contribution is -0.117. The van der Waals surface area contributed by atoms with E-state index < -0.39 is 0 Å². The van der Waals surface area contributed by atoms with E-state index in [2.05, 4.69) is 31.1 Å². The number of anilines is 2. The van der Waals surface area contributed by atoms with E-state index in [1.807, 2.05) is 24.3 Å². The van der Waals surface area contributed by atoms with Crippen LogP contribution >= 0.6 is 0 Å². The summed E-state index contributed by atoms with van der Waals surface area (Å²) in [7, 11) is 0. The van der Waals surface area contributed by atoms with E-state index in [9.17, 15) is 9.59 Å². The molecule has 0 spiro atoms. The zero-order valence-corrected chi connectivity index (χ0v) is 11.7. The van der Waals surface area contributed by atoms with Crippen molar-refractivity contribution in [1.29, 1.82) is 0 Å². The first-order chi connectivity index (χ1) is 10.6. The van der Waals surface area contributed by atoms with Crippen LogP contribution in [0.3, 0.4) is 0 Å². The van der Waals surface area contributed by atoms with E-state index in [1.165, 1.54) is 17.8 Å². The molecule has 1 aromatic carbocycles. The van der Waals surface area contributed by atoms with E-state index in [1.54, 1.807) is 0 Å². The summed E-state index contributed by atoms with van der Waals surface area (Å²) in [6, 6.07) is 7.48. The minimum absolute atomic E-state index is 0.0340. The molecule has 0 saturated carbocycles. The molecule has 2 heterocycles. The number of rotatable bonds is 4. The number of hydrogen-bond donors (Lipinski definition) is 3. The molecule has 0 radical (unpaired) electrons. The number of carbonyl (C=O) groups is 2. The van der Waals surface area contributed by atoms with Gasteiger partial charge in [0.25, 0.3) is 0 Å². The summed E-state index contributed by atoms with van der Waals surface area (Å²) >= 11 is 0. The fourth-order valence-corrected chi connectivity index (χ4v) is 1.99. The zero-order chi connectivity index (χ0) is 15.5. The minimum Gasteiger partial charge on any atom is -0.308 e. The molecular formula is C13H13N7O2. The van der Waals surface area contributed by atoms with Gasteiger partial charge in [-0.3, -0.25) is 14.7 Å². The predicted molar refractivity (Wildman–Crippen MR) is 79.0 cm³/mol. The lowest BCUT2D eigenvalue weighted by atomic mass is 10.2. The van der Waals surface area contributed by atoms with Gasteiger partial charge >= 0.3 is 0 Å². The van der Waals surface area contributed by atoms with Crippen molar-refractivity contribution < 1.29 is 9.59 Å². The number of nitrogens with zero attached hydrogens (tertiary/aromatic N) is 4. The van der Waals surface area contributed by atoms with Gasteiger partial charge in [0.15, 0.2) is 11.6 Å². The third-order valence-corrected chi connectivity index (χ3v) is 2.88. The van der Waals surface area contributed by atoms with E-state index in [0.717, 1.165) is 10.9 Å². The van der Waals surface area contributed by atoms with Gasteiger partial charge in [-0.15, -0.1) is 5.10 Å². The van der Waals surface area contributed by atoms with Gasteiger partial charge in [0, 0.05) is 12.3 Å². The number of amides is 2. The molecule has 3 rings (SSSR count). The number of nitrogens with one attached hydrogen (secondary N) is 3. The normalized spacial score (nSPS) is 10.6. The topological polar surface area (TPSA) is 118 Å². The maximum absolute atomic E-state index is 12.0. The second-order valence-corrected chi connectivity index (χ2v) is 4.65. The van der Waals surface area contributed by atoms with Gasteiger partial charge in [-0.2, -0.15) is 5.10 Å². The highest BCUT2D eigenvalue weighted by molar-refractivity contribution is 5.99. The Hall–Kier alpha value is -3.23. The fourth-order valence-electron chi connectivity index (χ4n) is 1.99. The van der Waals surface area contributed by atoms with E-state index >= 15 is 0 Å². The average Bonchev–Trinajstić information content (AvgIpc) is 3.06. The molecule has 3 N–H and O–H groups in total. The van der Waals surface area contributed by atoms with Crippen molar-refractivity contribution in [2.75, 3.05) is 10.6 Å². The highest BCUT2D eigenvalue weighted by Gasteiger charge is 2.11. The second kappa shape index (κ2) is 5.64. The highest BCUT2D eigenvalue weighted by atomic mass is 16.2. The van der Waals surface area contributed by atoms with Crippen molar-refractivity contribution >= 4 is 34.4 Å². The Morgan fingerprint density at radius 3 is 2.91 bits per heavy atom. The average molecular weight is 299 g/mol. The van der Waals surface area contributed by atoms with Crippen LogP contribution < -0.4 is 10.6 Å². The smallest absolute Gasteiger partial charge is 0.247 e. The molecule has 0 unspecified atom stereocenters. The van der Waals surface area contributed by atoms with Crippen LogP contribution in [-0.4, -0.2) is 37.0 Å². The summed E-state index contributed by atoms with van der Waals surface area (Å²) in [6.07, 6.45) is 1.48. The van der Waals surface area contributed by atoms with Gasteiger partial charge < -0.3 is 10.6 Å². The molecule has 0 aliphatic rings. The summed E-state index contributed by atoms with van der Waals surface area (Å²) in [5.74, 6) is 0.212. The maximum atomic E-state index is 12.0. The highest BCUT2D eigenvalue weighted by Crippen LogP contribution is 2.19. The Kier molecular flexibility index (Phi) is 3.52. The molecule has 0 bridgehead atoms. The molecule has 0 aliphatic carbocycles. The van der Waals surface area contributed by atoms with Crippen LogP contribution in [0.5, 0.6) is 0 Å². The lowest BCUT2D eigenvalue weighted by Crippen LogP contribution is -2.19. The molecule has 22 heavy (non-hydrogen) atoms. The summed E-state index contributed by atoms with van der Waals surface area (Å²) in [4.78, 5) is 22.9. The molecule has 0 fully saturated rings. The number of benzene rings is 1. The molecule has 0 atom stereocenters. The number of H-pyrrole nitrogens is 1. The zero-order valence-electron chi connectivity index (χ0n) is 11.7. The third kappa shape index (κ3) is 2.92. The van der Waals surface area contributed by atoms with E-state index in [-0.39, 0.29) is 18.4 Å². The number of aromatic nitrogens is 5. The van der Waals surface area contributed by atoms with Gasteiger partial charge in [0.1, 0.15) is 6.54 Å². The van der Waals surface area contributed by atoms with Crippen LogP contribution in [0.15, 0.2) is 30.5 Å². The van der Waals surface area contributed by atoms with Gasteiger partial charge in [-0.05, 0) is 12.1 Å². The molecule has 3 aromatic rings. The van der Waals surface area contributed by atoms with E-state index in [0.29, 0.717) is 11.6 Å². The van der Waals surface area contributed by atoms with Crippen molar-refractivity contribution in [3.63, 3.8) is 0 Å². The summed E-state index contributed by atoms with van der Waals surface area (Å²) < 4.78 is 1.33. The number of para-hydroxylation sites is 1. The van der Waals surface area contributed by atoms with Crippen LogP contribution in [0.2, 0.25) is 0 Å². The molecule has 2 amide bonds. The number of carbonyl (C=O) groups excluding carboxylic acids is 2. The number of fused-ring (bicyclic) bond motifs is 1. The summed E-state index contributed by atoms with van der Waals surface area (Å²) in [5, 5.41) is 20.4. The van der Waals surface area contributed by atoms with Crippen molar-refractivity contribution in [3.8, 4) is 0 Å². The quantitative estimate of drug-likeness (QED) is 0.657. The van der Waals surface area contributed by atoms with Crippen LogP contribution in [0.25, 0.3) is 10.9 Å². The van der Waals surface area contributed by atoms with Crippen LogP contribution in [-0.2, 0) is 16.1 Å². The summed E-state index contributed by atoms with van der Waals surface area (Å²) in [5.41, 5.74) is 0.839. The molecular weight excluding hydrogens is 286 g/mol. The summed E-state index contributed by atoms with van der Waals surface area (Å²) in [6.45, 7) is 1.34.